The van der Waals surface area contributed by atoms with Crippen molar-refractivity contribution in [1.82, 2.24) is 0 Å². The van der Waals surface area contributed by atoms with Crippen molar-refractivity contribution < 1.29 is 35.5 Å². The van der Waals surface area contributed by atoms with E-state index in [0.717, 1.165) is 23.3 Å². The molecular formula is C30H21F7O. The molecule has 4 aromatic carbocycles. The van der Waals surface area contributed by atoms with Crippen LogP contribution < -0.4 is 0 Å². The number of rotatable bonds is 8. The highest BCUT2D eigenvalue weighted by Crippen LogP contribution is 2.33. The van der Waals surface area contributed by atoms with E-state index in [-0.39, 0.29) is 11.1 Å². The Morgan fingerprint density at radius 3 is 1.58 bits per heavy atom. The summed E-state index contributed by atoms with van der Waals surface area (Å²) in [7, 11) is 1.28. The van der Waals surface area contributed by atoms with E-state index in [2.05, 4.69) is 4.74 Å². The fourth-order valence-electron chi connectivity index (χ4n) is 4.03. The first-order valence-corrected chi connectivity index (χ1v) is 11.5. The van der Waals surface area contributed by atoms with Crippen molar-refractivity contribution in [3.05, 3.63) is 124 Å². The maximum Gasteiger partial charge on any atom is 0.194 e. The molecular weight excluding hydrogens is 509 g/mol. The summed E-state index contributed by atoms with van der Waals surface area (Å²) in [5.41, 5.74) is 1.57. The third kappa shape index (κ3) is 5.97. The highest BCUT2D eigenvalue weighted by molar-refractivity contribution is 5.72. The van der Waals surface area contributed by atoms with Gasteiger partial charge in [-0.05, 0) is 64.9 Å². The zero-order chi connectivity index (χ0) is 27.4. The molecule has 1 nitrogen and oxygen atoms in total. The lowest BCUT2D eigenvalue weighted by atomic mass is 9.97. The molecule has 0 heterocycles. The number of hydrogen-bond acceptors (Lipinski definition) is 1. The molecule has 4 rings (SSSR count). The summed E-state index contributed by atoms with van der Waals surface area (Å²) in [6.45, 7) is -0.443. The summed E-state index contributed by atoms with van der Waals surface area (Å²) in [6, 6.07) is 16.5. The van der Waals surface area contributed by atoms with Gasteiger partial charge < -0.3 is 4.74 Å². The molecule has 196 valence electrons. The van der Waals surface area contributed by atoms with Crippen LogP contribution in [0.25, 0.3) is 28.1 Å². The quantitative estimate of drug-likeness (QED) is 0.164. The SMILES string of the molecule is COCC(F)=C(F)c1ccc(CCc2ccc(-c3cc(F)c(-c4cc(F)c(F)c(F)c4)c(F)c3)cc2)cc1. The summed E-state index contributed by atoms with van der Waals surface area (Å²) in [5.74, 6) is -8.86. The smallest absolute Gasteiger partial charge is 0.194 e. The average molecular weight is 530 g/mol. The average Bonchev–Trinajstić information content (AvgIpc) is 2.90. The summed E-state index contributed by atoms with van der Waals surface area (Å²) in [4.78, 5) is 0. The lowest BCUT2D eigenvalue weighted by Crippen LogP contribution is -1.97. The van der Waals surface area contributed by atoms with Gasteiger partial charge in [-0.15, -0.1) is 0 Å². The molecule has 0 N–H and O–H groups in total. The predicted molar refractivity (Wildman–Crippen MR) is 132 cm³/mol. The second-order valence-corrected chi connectivity index (χ2v) is 8.61. The molecule has 0 unspecified atom stereocenters. The van der Waals surface area contributed by atoms with Gasteiger partial charge in [-0.2, -0.15) is 0 Å². The van der Waals surface area contributed by atoms with Gasteiger partial charge in [0, 0.05) is 12.7 Å². The van der Waals surface area contributed by atoms with Crippen LogP contribution >= 0.6 is 0 Å². The second kappa shape index (κ2) is 11.6. The summed E-state index contributed by atoms with van der Waals surface area (Å²) in [6.07, 6.45) is 1.24. The Labute approximate surface area is 214 Å². The molecule has 0 saturated heterocycles. The summed E-state index contributed by atoms with van der Waals surface area (Å²) < 4.78 is 102. The molecule has 4 aromatic rings. The minimum atomic E-state index is -1.72. The molecule has 0 aliphatic rings. The minimum absolute atomic E-state index is 0.118. The zero-order valence-electron chi connectivity index (χ0n) is 20.1. The van der Waals surface area contributed by atoms with Crippen molar-refractivity contribution >= 4 is 5.83 Å². The van der Waals surface area contributed by atoms with Gasteiger partial charge in [-0.25, -0.2) is 30.7 Å². The van der Waals surface area contributed by atoms with Crippen molar-refractivity contribution in [2.24, 2.45) is 0 Å². The highest BCUT2D eigenvalue weighted by atomic mass is 19.2. The molecule has 0 radical (unpaired) electrons. The number of methoxy groups -OCH3 is 1. The lowest BCUT2D eigenvalue weighted by Gasteiger charge is -2.10. The van der Waals surface area contributed by atoms with Gasteiger partial charge in [0.15, 0.2) is 29.1 Å². The molecule has 0 spiro atoms. The van der Waals surface area contributed by atoms with Gasteiger partial charge in [0.2, 0.25) is 0 Å². The molecule has 0 aromatic heterocycles. The Morgan fingerprint density at radius 2 is 1.08 bits per heavy atom. The van der Waals surface area contributed by atoms with E-state index in [1.54, 1.807) is 36.4 Å². The molecule has 0 saturated carbocycles. The van der Waals surface area contributed by atoms with Crippen molar-refractivity contribution in [3.63, 3.8) is 0 Å². The lowest BCUT2D eigenvalue weighted by molar-refractivity contribution is 0.205. The van der Waals surface area contributed by atoms with Crippen LogP contribution in [0.3, 0.4) is 0 Å². The number of benzene rings is 4. The Bertz CT molecular complexity index is 1430. The standard InChI is InChI=1S/C30H21F7O/c1-38-16-27(35)29(36)20-10-6-18(7-11-20)3-2-17-4-8-19(9-5-17)21-12-23(31)28(24(32)13-21)22-14-25(33)30(37)26(34)15-22/h4-15H,2-3,16H2,1H3. The molecule has 0 amide bonds. The number of aryl methyl sites for hydroxylation is 2. The fraction of sp³-hybridized carbons (Fsp3) is 0.133. The van der Waals surface area contributed by atoms with Crippen LogP contribution in [0.5, 0.6) is 0 Å². The first-order chi connectivity index (χ1) is 18.2. The monoisotopic (exact) mass is 530 g/mol. The van der Waals surface area contributed by atoms with Gasteiger partial charge >= 0.3 is 0 Å². The van der Waals surface area contributed by atoms with Gasteiger partial charge in [0.1, 0.15) is 18.2 Å². The van der Waals surface area contributed by atoms with Gasteiger partial charge in [0.05, 0.1) is 5.56 Å². The van der Waals surface area contributed by atoms with Gasteiger partial charge in [-0.3, -0.25) is 0 Å². The van der Waals surface area contributed by atoms with E-state index < -0.39 is 58.5 Å². The van der Waals surface area contributed by atoms with Gasteiger partial charge in [-0.1, -0.05) is 48.5 Å². The second-order valence-electron chi connectivity index (χ2n) is 8.61. The van der Waals surface area contributed by atoms with Crippen LogP contribution in [0, 0.1) is 29.1 Å². The third-order valence-electron chi connectivity index (χ3n) is 6.02. The summed E-state index contributed by atoms with van der Waals surface area (Å²) in [5, 5.41) is 0. The van der Waals surface area contributed by atoms with Crippen molar-refractivity contribution in [3.8, 4) is 22.3 Å². The molecule has 0 bridgehead atoms. The van der Waals surface area contributed by atoms with Crippen LogP contribution in [-0.2, 0) is 17.6 Å². The third-order valence-corrected chi connectivity index (χ3v) is 6.02. The normalized spacial score (nSPS) is 12.0. The maximum atomic E-state index is 14.8. The van der Waals surface area contributed by atoms with Crippen LogP contribution in [0.2, 0.25) is 0 Å². The number of halogens is 7. The minimum Gasteiger partial charge on any atom is -0.377 e. The molecule has 0 fully saturated rings. The maximum absolute atomic E-state index is 14.8. The first kappa shape index (κ1) is 27.1. The van der Waals surface area contributed by atoms with Crippen LogP contribution in [0.1, 0.15) is 16.7 Å². The Kier molecular flexibility index (Phi) is 8.32. The van der Waals surface area contributed by atoms with Crippen molar-refractivity contribution in [2.45, 2.75) is 12.8 Å². The largest absolute Gasteiger partial charge is 0.377 e. The molecule has 0 aliphatic carbocycles. The van der Waals surface area contributed by atoms with E-state index in [9.17, 15) is 30.7 Å². The molecule has 38 heavy (non-hydrogen) atoms. The van der Waals surface area contributed by atoms with Crippen LogP contribution in [0.15, 0.2) is 78.6 Å². The molecule has 0 atom stereocenters. The fourth-order valence-corrected chi connectivity index (χ4v) is 4.03. The Morgan fingerprint density at radius 1 is 0.605 bits per heavy atom. The zero-order valence-corrected chi connectivity index (χ0v) is 20.1. The van der Waals surface area contributed by atoms with Crippen molar-refractivity contribution in [2.75, 3.05) is 13.7 Å². The van der Waals surface area contributed by atoms with Crippen molar-refractivity contribution in [1.29, 1.82) is 0 Å². The first-order valence-electron chi connectivity index (χ1n) is 11.5. The van der Waals surface area contributed by atoms with Gasteiger partial charge in [0.25, 0.3) is 0 Å². The van der Waals surface area contributed by atoms with E-state index in [1.807, 2.05) is 0 Å². The predicted octanol–water partition coefficient (Wildman–Crippen LogP) is 8.76. The van der Waals surface area contributed by atoms with E-state index in [1.165, 1.54) is 19.2 Å². The van der Waals surface area contributed by atoms with E-state index in [0.29, 0.717) is 30.5 Å². The number of ether oxygens (including phenoxy) is 1. The Hall–Kier alpha value is -3.91. The Balaban J connectivity index is 1.46. The van der Waals surface area contributed by atoms with E-state index >= 15 is 0 Å². The molecule has 8 heteroatoms. The highest BCUT2D eigenvalue weighted by Gasteiger charge is 2.19. The van der Waals surface area contributed by atoms with Crippen LogP contribution in [0.4, 0.5) is 30.7 Å². The summed E-state index contributed by atoms with van der Waals surface area (Å²) >= 11 is 0. The van der Waals surface area contributed by atoms with Crippen LogP contribution in [-0.4, -0.2) is 13.7 Å². The van der Waals surface area contributed by atoms with E-state index in [4.69, 9.17) is 0 Å². The molecule has 0 aliphatic heterocycles. The number of hydrogen-bond donors (Lipinski definition) is 0. The topological polar surface area (TPSA) is 9.23 Å².